The molecule has 114 valence electrons. The first-order valence-electron chi connectivity index (χ1n) is 6.82. The van der Waals surface area contributed by atoms with Crippen LogP contribution in [-0.2, 0) is 15.4 Å². The summed E-state index contributed by atoms with van der Waals surface area (Å²) in [6.45, 7) is 8.02. The lowest BCUT2D eigenvalue weighted by molar-refractivity contribution is 0.560. The first-order valence-corrected chi connectivity index (χ1v) is 8.30. The number of benzene rings is 1. The number of nitrogens with one attached hydrogen (secondary N) is 2. The van der Waals surface area contributed by atoms with Crippen LogP contribution in [0.15, 0.2) is 41.6 Å². The maximum absolute atomic E-state index is 12.3. The summed E-state index contributed by atoms with van der Waals surface area (Å²) in [7, 11) is -3.56. The van der Waals surface area contributed by atoms with Gasteiger partial charge in [0.15, 0.2) is 0 Å². The monoisotopic (exact) mass is 307 g/mol. The average molecular weight is 307 g/mol. The zero-order valence-corrected chi connectivity index (χ0v) is 13.5. The third-order valence-electron chi connectivity index (χ3n) is 3.29. The molecule has 0 bridgehead atoms. The molecular weight excluding hydrogens is 286 g/mol. The Morgan fingerprint density at radius 2 is 1.81 bits per heavy atom. The summed E-state index contributed by atoms with van der Waals surface area (Å²) in [6, 6.07) is 6.57. The highest BCUT2D eigenvalue weighted by Crippen LogP contribution is 2.23. The van der Waals surface area contributed by atoms with E-state index in [1.54, 1.807) is 31.5 Å². The summed E-state index contributed by atoms with van der Waals surface area (Å²) >= 11 is 0. The van der Waals surface area contributed by atoms with E-state index in [0.29, 0.717) is 5.82 Å². The van der Waals surface area contributed by atoms with Crippen LogP contribution in [0.5, 0.6) is 0 Å². The Morgan fingerprint density at radius 3 is 2.29 bits per heavy atom. The molecule has 0 spiro atoms. The second kappa shape index (κ2) is 5.61. The molecule has 2 aromatic rings. The van der Waals surface area contributed by atoms with Gasteiger partial charge in [0.1, 0.15) is 5.82 Å². The highest BCUT2D eigenvalue weighted by atomic mass is 32.2. The summed E-state index contributed by atoms with van der Waals surface area (Å²) in [5.41, 5.74) is 1.09. The van der Waals surface area contributed by atoms with Crippen LogP contribution in [0.4, 0.5) is 0 Å². The molecule has 0 aliphatic rings. The van der Waals surface area contributed by atoms with Crippen LogP contribution in [0.1, 0.15) is 45.1 Å². The van der Waals surface area contributed by atoms with Crippen molar-refractivity contribution in [3.63, 3.8) is 0 Å². The van der Waals surface area contributed by atoms with Crippen LogP contribution in [0.25, 0.3) is 0 Å². The fourth-order valence-corrected chi connectivity index (χ4v) is 3.21. The fraction of sp³-hybridized carbons (Fsp3) is 0.400. The number of aromatic amines is 1. The predicted molar refractivity (Wildman–Crippen MR) is 82.5 cm³/mol. The molecule has 1 unspecified atom stereocenters. The van der Waals surface area contributed by atoms with Gasteiger partial charge in [-0.15, -0.1) is 0 Å². The van der Waals surface area contributed by atoms with Gasteiger partial charge in [-0.1, -0.05) is 32.9 Å². The van der Waals surface area contributed by atoms with Crippen molar-refractivity contribution in [1.82, 2.24) is 14.7 Å². The molecule has 1 aromatic heterocycles. The van der Waals surface area contributed by atoms with E-state index in [4.69, 9.17) is 0 Å². The van der Waals surface area contributed by atoms with E-state index in [1.165, 1.54) is 0 Å². The summed E-state index contributed by atoms with van der Waals surface area (Å²) in [4.78, 5) is 7.22. The largest absolute Gasteiger partial charge is 0.347 e. The lowest BCUT2D eigenvalue weighted by Gasteiger charge is -2.19. The second-order valence-electron chi connectivity index (χ2n) is 6.09. The number of nitrogens with zero attached hydrogens (tertiary/aromatic N) is 1. The van der Waals surface area contributed by atoms with Crippen molar-refractivity contribution >= 4 is 10.0 Å². The van der Waals surface area contributed by atoms with E-state index < -0.39 is 16.1 Å². The maximum Gasteiger partial charge on any atom is 0.241 e. The van der Waals surface area contributed by atoms with Gasteiger partial charge >= 0.3 is 0 Å². The molecule has 1 aromatic carbocycles. The molecule has 21 heavy (non-hydrogen) atoms. The topological polar surface area (TPSA) is 74.8 Å². The molecule has 0 aliphatic carbocycles. The highest BCUT2D eigenvalue weighted by molar-refractivity contribution is 7.89. The molecular formula is C15H21N3O2S. The van der Waals surface area contributed by atoms with Crippen molar-refractivity contribution in [3.05, 3.63) is 48.0 Å². The summed E-state index contributed by atoms with van der Waals surface area (Å²) < 4.78 is 27.3. The SMILES string of the molecule is CC(NS(=O)(=O)c1ccc(C(C)(C)C)cc1)c1ncc[nH]1. The standard InChI is InChI=1S/C15H21N3O2S/c1-11(14-16-9-10-17-14)18-21(19,20)13-7-5-12(6-8-13)15(2,3)4/h5-11,18H,1-4H3,(H,16,17). The maximum atomic E-state index is 12.3. The van der Waals surface area contributed by atoms with Gasteiger partial charge in [0, 0.05) is 12.4 Å². The number of aromatic nitrogens is 2. The number of H-pyrrole nitrogens is 1. The lowest BCUT2D eigenvalue weighted by atomic mass is 9.87. The molecule has 0 saturated heterocycles. The normalized spacial score (nSPS) is 14.1. The minimum atomic E-state index is -3.56. The molecule has 2 N–H and O–H groups in total. The number of rotatable bonds is 4. The Balaban J connectivity index is 2.20. The van der Waals surface area contributed by atoms with Crippen molar-refractivity contribution in [1.29, 1.82) is 0 Å². The first-order chi connectivity index (χ1) is 9.70. The number of sulfonamides is 1. The Morgan fingerprint density at radius 1 is 1.19 bits per heavy atom. The minimum absolute atomic E-state index is 0.00280. The van der Waals surface area contributed by atoms with E-state index in [0.717, 1.165) is 5.56 Å². The van der Waals surface area contributed by atoms with E-state index in [9.17, 15) is 8.42 Å². The molecule has 0 amide bonds. The zero-order valence-electron chi connectivity index (χ0n) is 12.7. The summed E-state index contributed by atoms with van der Waals surface area (Å²) in [5.74, 6) is 0.588. The van der Waals surface area contributed by atoms with Gasteiger partial charge in [0.2, 0.25) is 10.0 Å². The molecule has 1 heterocycles. The molecule has 1 atom stereocenters. The summed E-state index contributed by atoms with van der Waals surface area (Å²) in [6.07, 6.45) is 3.26. The van der Waals surface area contributed by atoms with Gasteiger partial charge < -0.3 is 4.98 Å². The molecule has 6 heteroatoms. The van der Waals surface area contributed by atoms with Gasteiger partial charge in [-0.25, -0.2) is 18.1 Å². The van der Waals surface area contributed by atoms with Gasteiger partial charge in [-0.2, -0.15) is 0 Å². The molecule has 0 saturated carbocycles. The number of imidazole rings is 1. The van der Waals surface area contributed by atoms with Crippen LogP contribution in [-0.4, -0.2) is 18.4 Å². The van der Waals surface area contributed by atoms with Gasteiger partial charge in [0.25, 0.3) is 0 Å². The zero-order chi connectivity index (χ0) is 15.7. The Kier molecular flexibility index (Phi) is 4.20. The Labute approximate surface area is 125 Å². The molecule has 5 nitrogen and oxygen atoms in total. The molecule has 0 aliphatic heterocycles. The van der Waals surface area contributed by atoms with Gasteiger partial charge in [-0.05, 0) is 30.0 Å². The van der Waals surface area contributed by atoms with E-state index in [-0.39, 0.29) is 10.3 Å². The van der Waals surface area contributed by atoms with Gasteiger partial charge in [0.05, 0.1) is 10.9 Å². The van der Waals surface area contributed by atoms with Crippen molar-refractivity contribution in [2.24, 2.45) is 0 Å². The Bertz CT molecular complexity index is 684. The van der Waals surface area contributed by atoms with Crippen LogP contribution < -0.4 is 4.72 Å². The van der Waals surface area contributed by atoms with Crippen LogP contribution in [0, 0.1) is 0 Å². The molecule has 0 fully saturated rings. The number of hydrogen-bond acceptors (Lipinski definition) is 3. The minimum Gasteiger partial charge on any atom is -0.347 e. The quantitative estimate of drug-likeness (QED) is 0.912. The third kappa shape index (κ3) is 3.71. The van der Waals surface area contributed by atoms with Crippen LogP contribution in [0.2, 0.25) is 0 Å². The summed E-state index contributed by atoms with van der Waals surface area (Å²) in [5, 5.41) is 0. The Hall–Kier alpha value is -1.66. The smallest absolute Gasteiger partial charge is 0.241 e. The van der Waals surface area contributed by atoms with E-state index >= 15 is 0 Å². The van der Waals surface area contributed by atoms with Crippen molar-refractivity contribution in [3.8, 4) is 0 Å². The van der Waals surface area contributed by atoms with Crippen LogP contribution >= 0.6 is 0 Å². The lowest BCUT2D eigenvalue weighted by Crippen LogP contribution is -2.27. The highest BCUT2D eigenvalue weighted by Gasteiger charge is 2.20. The fourth-order valence-electron chi connectivity index (χ4n) is 2.00. The van der Waals surface area contributed by atoms with Crippen molar-refractivity contribution in [2.75, 3.05) is 0 Å². The number of hydrogen-bond donors (Lipinski definition) is 2. The van der Waals surface area contributed by atoms with E-state index in [2.05, 4.69) is 35.5 Å². The third-order valence-corrected chi connectivity index (χ3v) is 4.85. The van der Waals surface area contributed by atoms with Crippen LogP contribution in [0.3, 0.4) is 0 Å². The predicted octanol–water partition coefficient (Wildman–Crippen LogP) is 2.75. The van der Waals surface area contributed by atoms with E-state index in [1.807, 2.05) is 12.1 Å². The van der Waals surface area contributed by atoms with Crippen molar-refractivity contribution < 1.29 is 8.42 Å². The average Bonchev–Trinajstić information content (AvgIpc) is 2.91. The molecule has 0 radical (unpaired) electrons. The second-order valence-corrected chi connectivity index (χ2v) is 7.81. The van der Waals surface area contributed by atoms with Crippen molar-refractivity contribution in [2.45, 2.75) is 44.0 Å². The molecule has 2 rings (SSSR count). The van der Waals surface area contributed by atoms with Gasteiger partial charge in [-0.3, -0.25) is 0 Å². The first kappa shape index (κ1) is 15.7.